The fourth-order valence-corrected chi connectivity index (χ4v) is 10.8. The van der Waals surface area contributed by atoms with Crippen LogP contribution in [-0.4, -0.2) is 13.1 Å². The molecule has 344 valence electrons. The van der Waals surface area contributed by atoms with Crippen molar-refractivity contribution in [3.63, 3.8) is 0 Å². The van der Waals surface area contributed by atoms with Crippen molar-refractivity contribution in [2.45, 2.75) is 128 Å². The predicted octanol–water partition coefficient (Wildman–Crippen LogP) is 17.8. The highest BCUT2D eigenvalue weighted by atomic mass is 15.1. The van der Waals surface area contributed by atoms with Gasteiger partial charge >= 0.3 is 0 Å². The van der Waals surface area contributed by atoms with Crippen LogP contribution in [0.25, 0.3) is 10.8 Å². The van der Waals surface area contributed by atoms with Crippen molar-refractivity contribution in [3.8, 4) is 0 Å². The van der Waals surface area contributed by atoms with Crippen LogP contribution in [0, 0.1) is 52.9 Å². The summed E-state index contributed by atoms with van der Waals surface area (Å²) >= 11 is 0. The van der Waals surface area contributed by atoms with Gasteiger partial charge in [0.05, 0.1) is 0 Å². The van der Waals surface area contributed by atoms with E-state index in [4.69, 9.17) is 0 Å². The molecule has 3 heteroatoms. The van der Waals surface area contributed by atoms with Crippen molar-refractivity contribution in [2.75, 3.05) is 28.2 Å². The number of benzene rings is 7. The lowest BCUT2D eigenvalue weighted by Crippen LogP contribution is -2.20. The van der Waals surface area contributed by atoms with E-state index < -0.39 is 0 Å². The van der Waals surface area contributed by atoms with Crippen molar-refractivity contribution in [2.24, 2.45) is 11.3 Å². The number of hydrogen-bond donors (Lipinski definition) is 1. The first-order chi connectivity index (χ1) is 31.6. The third-order valence-corrected chi connectivity index (χ3v) is 13.6. The van der Waals surface area contributed by atoms with Gasteiger partial charge in [-0.05, 0) is 164 Å². The summed E-state index contributed by atoms with van der Waals surface area (Å²) in [5, 5.41) is 6.39. The molecule has 0 fully saturated rings. The van der Waals surface area contributed by atoms with E-state index in [0.717, 1.165) is 38.2 Å². The van der Waals surface area contributed by atoms with Gasteiger partial charge in [0.1, 0.15) is 0 Å². The van der Waals surface area contributed by atoms with Crippen LogP contribution < -0.4 is 15.1 Å². The van der Waals surface area contributed by atoms with Gasteiger partial charge < -0.3 is 15.1 Å². The lowest BCUT2D eigenvalue weighted by molar-refractivity contribution is 0.301. The summed E-state index contributed by atoms with van der Waals surface area (Å²) in [6.45, 7) is 32.5. The van der Waals surface area contributed by atoms with Gasteiger partial charge in [-0.15, -0.1) is 0 Å². The normalized spacial score (nSPS) is 12.3. The molecule has 0 aliphatic rings. The molecule has 7 rings (SSSR count). The van der Waals surface area contributed by atoms with Crippen LogP contribution in [0.2, 0.25) is 0 Å². The zero-order valence-electron chi connectivity index (χ0n) is 42.6. The molecule has 0 saturated carbocycles. The van der Waals surface area contributed by atoms with E-state index in [2.05, 4.69) is 239 Å². The van der Waals surface area contributed by atoms with Gasteiger partial charge in [0.25, 0.3) is 0 Å². The summed E-state index contributed by atoms with van der Waals surface area (Å²) in [6, 6.07) is 51.3. The first-order valence-electron chi connectivity index (χ1n) is 24.8. The molecule has 0 amide bonds. The molecule has 1 unspecified atom stereocenters. The Hall–Kier alpha value is -5.80. The van der Waals surface area contributed by atoms with Crippen molar-refractivity contribution >= 4 is 39.2 Å². The quantitative estimate of drug-likeness (QED) is 0.0920. The summed E-state index contributed by atoms with van der Waals surface area (Å²) in [5.74, 6) is 1.17. The van der Waals surface area contributed by atoms with Crippen LogP contribution in [0.5, 0.6) is 0 Å². The van der Waals surface area contributed by atoms with Gasteiger partial charge in [0.15, 0.2) is 0 Å². The molecule has 0 bridgehead atoms. The molecule has 66 heavy (non-hydrogen) atoms. The maximum Gasteiger partial charge on any atom is 0.0470 e. The molecule has 0 aliphatic carbocycles. The number of nitrogens with one attached hydrogen (secondary N) is 1. The van der Waals surface area contributed by atoms with Crippen LogP contribution in [0.15, 0.2) is 133 Å². The number of rotatable bonds is 17. The van der Waals surface area contributed by atoms with Crippen molar-refractivity contribution in [1.82, 2.24) is 0 Å². The molecule has 0 aliphatic heterocycles. The van der Waals surface area contributed by atoms with Crippen LogP contribution in [-0.2, 0) is 6.54 Å². The minimum Gasteiger partial charge on any atom is -0.380 e. The first-order valence-corrected chi connectivity index (χ1v) is 24.8. The first kappa shape index (κ1) is 48.1. The molecule has 0 aromatic heterocycles. The summed E-state index contributed by atoms with van der Waals surface area (Å²) in [5.41, 5.74) is 21.1. The third kappa shape index (κ3) is 10.9. The topological polar surface area (TPSA) is 18.5 Å². The van der Waals surface area contributed by atoms with E-state index in [-0.39, 0.29) is 5.92 Å². The minimum atomic E-state index is 0.0199. The Labute approximate surface area is 399 Å². The molecule has 3 nitrogen and oxygen atoms in total. The monoisotopic (exact) mass is 876 g/mol. The second-order valence-electron chi connectivity index (χ2n) is 20.9. The largest absolute Gasteiger partial charge is 0.380 e. The van der Waals surface area contributed by atoms with Crippen molar-refractivity contribution in [3.05, 3.63) is 195 Å². The fourth-order valence-electron chi connectivity index (χ4n) is 10.8. The smallest absolute Gasteiger partial charge is 0.0470 e. The van der Waals surface area contributed by atoms with Crippen LogP contribution in [0.3, 0.4) is 0 Å². The average Bonchev–Trinajstić information content (AvgIpc) is 3.27. The number of anilines is 5. The number of nitrogens with zero attached hydrogens (tertiary/aromatic N) is 2. The molecule has 1 atom stereocenters. The molecular weight excluding hydrogens is 799 g/mol. The maximum absolute atomic E-state index is 3.87. The molecule has 7 aromatic carbocycles. The van der Waals surface area contributed by atoms with E-state index in [0.29, 0.717) is 17.3 Å². The van der Waals surface area contributed by atoms with Gasteiger partial charge in [-0.25, -0.2) is 0 Å². The highest BCUT2D eigenvalue weighted by Crippen LogP contribution is 2.42. The molecule has 0 radical (unpaired) electrons. The Balaban J connectivity index is 1.28. The molecule has 7 aromatic rings. The summed E-state index contributed by atoms with van der Waals surface area (Å²) in [6.07, 6.45) is 3.31. The summed E-state index contributed by atoms with van der Waals surface area (Å²) in [7, 11) is 0. The van der Waals surface area contributed by atoms with Gasteiger partial charge in [0.2, 0.25) is 0 Å². The predicted molar refractivity (Wildman–Crippen MR) is 289 cm³/mol. The molecule has 0 spiro atoms. The zero-order chi connectivity index (χ0) is 47.3. The Bertz CT molecular complexity index is 2560. The number of aryl methyl sites for hydroxylation is 6. The van der Waals surface area contributed by atoms with E-state index in [1.807, 2.05) is 0 Å². The standard InChI is InChI=1S/C63H77N3/c1-14-34-65(61-45(7)36-43(5)37-46(61)8)53-28-24-51(25-29-53)60(52-26-30-54(31-27-52)66(35-15-2)62-47(9)38-44(6)39-48(62)10)57-32-33-59(56-19-17-16-18-55(56)57)64-41-49-20-22-50(23-21-49)58(42(3)4)40-63(11,12)13/h16-33,36-39,42,58,60,64H,14-15,34-35,40-41H2,1-13H3. The lowest BCUT2D eigenvalue weighted by atomic mass is 9.76. The minimum absolute atomic E-state index is 0.0199. The van der Waals surface area contributed by atoms with E-state index in [1.54, 1.807) is 0 Å². The van der Waals surface area contributed by atoms with Crippen molar-refractivity contribution < 1.29 is 0 Å². The second-order valence-corrected chi connectivity index (χ2v) is 20.9. The average molecular weight is 876 g/mol. The number of fused-ring (bicyclic) bond motifs is 1. The van der Waals surface area contributed by atoms with Crippen LogP contribution >= 0.6 is 0 Å². The van der Waals surface area contributed by atoms with Gasteiger partial charge in [0, 0.05) is 59.4 Å². The third-order valence-electron chi connectivity index (χ3n) is 13.6. The van der Waals surface area contributed by atoms with Gasteiger partial charge in [-0.3, -0.25) is 0 Å². The van der Waals surface area contributed by atoms with Gasteiger partial charge in [-0.2, -0.15) is 0 Å². The Morgan fingerprint density at radius 1 is 0.515 bits per heavy atom. The summed E-state index contributed by atoms with van der Waals surface area (Å²) < 4.78 is 0. The van der Waals surface area contributed by atoms with Crippen LogP contribution in [0.4, 0.5) is 28.4 Å². The Kier molecular flexibility index (Phi) is 15.2. The lowest BCUT2D eigenvalue weighted by Gasteiger charge is -2.30. The maximum atomic E-state index is 3.87. The second kappa shape index (κ2) is 20.8. The fraction of sp³-hybridized carbons (Fsp3) is 0.365. The Morgan fingerprint density at radius 2 is 0.955 bits per heavy atom. The summed E-state index contributed by atoms with van der Waals surface area (Å²) in [4.78, 5) is 5.04. The molecule has 0 heterocycles. The van der Waals surface area contributed by atoms with E-state index in [9.17, 15) is 0 Å². The SMILES string of the molecule is CCCN(c1ccc(C(c2ccc(N(CCC)c3c(C)cc(C)cc3C)cc2)c2ccc(NCc3ccc(C(CC(C)(C)C)C(C)C)cc3)c3ccccc23)cc1)c1c(C)cc(C)cc1C. The Morgan fingerprint density at radius 3 is 1.38 bits per heavy atom. The highest BCUT2D eigenvalue weighted by molar-refractivity contribution is 5.97. The number of hydrogen-bond acceptors (Lipinski definition) is 3. The van der Waals surface area contributed by atoms with Gasteiger partial charge in [-0.1, -0.05) is 163 Å². The molecule has 1 N–H and O–H groups in total. The van der Waals surface area contributed by atoms with Crippen LogP contribution in [0.1, 0.15) is 141 Å². The highest BCUT2D eigenvalue weighted by Gasteiger charge is 2.25. The molecular formula is C63H77N3. The molecule has 0 saturated heterocycles. The van der Waals surface area contributed by atoms with E-state index in [1.165, 1.54) is 101 Å². The van der Waals surface area contributed by atoms with Crippen molar-refractivity contribution in [1.29, 1.82) is 0 Å². The zero-order valence-corrected chi connectivity index (χ0v) is 42.6. The van der Waals surface area contributed by atoms with E-state index >= 15 is 0 Å².